The van der Waals surface area contributed by atoms with Gasteiger partial charge in [0.05, 0.1) is 13.0 Å². The van der Waals surface area contributed by atoms with Crippen LogP contribution in [0.5, 0.6) is 5.75 Å². The van der Waals surface area contributed by atoms with Gasteiger partial charge in [-0.15, -0.1) is 11.8 Å². The molecule has 0 saturated heterocycles. The smallest absolute Gasteiger partial charge is 0.408 e. The van der Waals surface area contributed by atoms with Gasteiger partial charge in [0.25, 0.3) is 0 Å². The van der Waals surface area contributed by atoms with Crippen molar-refractivity contribution in [2.24, 2.45) is 11.7 Å². The highest BCUT2D eigenvalue weighted by Gasteiger charge is 2.38. The first kappa shape index (κ1) is 37.2. The lowest BCUT2D eigenvalue weighted by Gasteiger charge is -2.28. The van der Waals surface area contributed by atoms with E-state index in [1.165, 1.54) is 18.9 Å². The van der Waals surface area contributed by atoms with Crippen LogP contribution in [-0.4, -0.2) is 58.6 Å². The number of rotatable bonds is 17. The third-order valence-electron chi connectivity index (χ3n) is 8.38. The number of para-hydroxylation sites is 2. The molecule has 3 amide bonds. The molecule has 0 fully saturated rings. The van der Waals surface area contributed by atoms with Gasteiger partial charge in [0, 0.05) is 46.8 Å². The largest absolute Gasteiger partial charge is 0.496 e. The number of fused-ring (bicyclic) bond motifs is 1. The fraction of sp³-hybridized carbons (Fsp3) is 0.237. The molecule has 4 aromatic carbocycles. The summed E-state index contributed by atoms with van der Waals surface area (Å²) in [7, 11) is -2.83. The third kappa shape index (κ3) is 10.5. The molecule has 0 radical (unpaired) electrons. The van der Waals surface area contributed by atoms with Crippen molar-refractivity contribution in [2.45, 2.75) is 36.2 Å². The van der Waals surface area contributed by atoms with E-state index in [1.54, 1.807) is 48.7 Å². The quantitative estimate of drug-likeness (QED) is 0.0585. The molecule has 266 valence electrons. The number of hydrogen-bond donors (Lipinski definition) is 5. The molecule has 5 rings (SSSR count). The topological polar surface area (TPSA) is 173 Å². The first-order valence-corrected chi connectivity index (χ1v) is 19.3. The minimum Gasteiger partial charge on any atom is -0.496 e. The van der Waals surface area contributed by atoms with E-state index in [4.69, 9.17) is 15.2 Å². The minimum absolute atomic E-state index is 0.00746. The molecule has 0 saturated carbocycles. The summed E-state index contributed by atoms with van der Waals surface area (Å²) in [6, 6.07) is 31.7. The van der Waals surface area contributed by atoms with Gasteiger partial charge >= 0.3 is 6.09 Å². The lowest BCUT2D eigenvalue weighted by molar-refractivity contribution is -0.129. The van der Waals surface area contributed by atoms with Gasteiger partial charge in [0.1, 0.15) is 24.2 Å². The van der Waals surface area contributed by atoms with Gasteiger partial charge in [-0.25, -0.2) is 4.79 Å². The van der Waals surface area contributed by atoms with Crippen LogP contribution in [0.15, 0.2) is 120 Å². The zero-order valence-electron chi connectivity index (χ0n) is 28.1. The Balaban J connectivity index is 1.39. The highest BCUT2D eigenvalue weighted by Crippen LogP contribution is 2.49. The molecule has 51 heavy (non-hydrogen) atoms. The van der Waals surface area contributed by atoms with Crippen molar-refractivity contribution >= 4 is 47.9 Å². The van der Waals surface area contributed by atoms with Crippen molar-refractivity contribution in [3.8, 4) is 5.75 Å². The number of nitrogens with one attached hydrogen (secondary N) is 3. The van der Waals surface area contributed by atoms with E-state index in [2.05, 4.69) is 15.6 Å². The Hall–Kier alpha value is -5.03. The Kier molecular flexibility index (Phi) is 13.0. The van der Waals surface area contributed by atoms with E-state index in [9.17, 15) is 23.8 Å². The van der Waals surface area contributed by atoms with Crippen molar-refractivity contribution in [2.75, 3.05) is 19.0 Å². The first-order chi connectivity index (χ1) is 24.6. The number of carbonyl (C=O) groups is 3. The molecule has 1 heterocycles. The Labute approximate surface area is 300 Å². The Morgan fingerprint density at radius 3 is 2.22 bits per heavy atom. The predicted octanol–water partition coefficient (Wildman–Crippen LogP) is 5.86. The van der Waals surface area contributed by atoms with Crippen LogP contribution in [0.3, 0.4) is 0 Å². The van der Waals surface area contributed by atoms with Gasteiger partial charge in [-0.05, 0) is 34.9 Å². The number of nitrogens with two attached hydrogens (primary N) is 1. The number of hydrogen-bond acceptors (Lipinski definition) is 7. The third-order valence-corrected chi connectivity index (χ3v) is 11.8. The molecule has 13 heteroatoms. The fourth-order valence-electron chi connectivity index (χ4n) is 5.65. The lowest BCUT2D eigenvalue weighted by atomic mass is 10.0. The van der Waals surface area contributed by atoms with Crippen molar-refractivity contribution in [3.05, 3.63) is 132 Å². The van der Waals surface area contributed by atoms with E-state index < -0.39 is 49.2 Å². The number of ether oxygens (including phenoxy) is 2. The van der Waals surface area contributed by atoms with Crippen molar-refractivity contribution in [1.82, 2.24) is 15.6 Å². The molecule has 5 aromatic rings. The van der Waals surface area contributed by atoms with Crippen molar-refractivity contribution in [1.29, 1.82) is 0 Å². The van der Waals surface area contributed by atoms with Crippen molar-refractivity contribution < 1.29 is 33.3 Å². The van der Waals surface area contributed by atoms with Gasteiger partial charge in [-0.2, -0.15) is 0 Å². The maximum atomic E-state index is 14.4. The summed E-state index contributed by atoms with van der Waals surface area (Å²) in [5, 5.41) is 6.25. The molecular weight excluding hydrogens is 687 g/mol. The summed E-state index contributed by atoms with van der Waals surface area (Å²) < 4.78 is 25.3. The predicted molar refractivity (Wildman–Crippen MR) is 199 cm³/mol. The highest BCUT2D eigenvalue weighted by molar-refractivity contribution is 7.99. The molecule has 1 unspecified atom stereocenters. The second-order valence-corrected chi connectivity index (χ2v) is 15.6. The van der Waals surface area contributed by atoms with Crippen LogP contribution >= 0.6 is 19.1 Å². The van der Waals surface area contributed by atoms with Crippen LogP contribution in [0.1, 0.15) is 16.7 Å². The normalized spacial score (nSPS) is 14.1. The molecule has 0 bridgehead atoms. The van der Waals surface area contributed by atoms with Gasteiger partial charge < -0.3 is 35.7 Å². The number of carbonyl (C=O) groups excluding carboxylic acids is 3. The standard InChI is InChI=1S/C38H41N4O7PS/c1-48-33-18-10-11-19-34(33)51-25-29(37(44)41-32(36(39)43)21-28-22-40-31-17-9-8-16-30(28)31)24-50(46,47)35(20-26-12-4-2-5-13-26)42-38(45)49-23-27-14-6-3-7-15-27/h2-19,22,29,32,35,40H,20-21,23-25H2,1H3,(H2,39,43)(H,41,44)(H,42,45)(H,46,47)/t29-,32-,35+/m0/s1. The molecule has 11 nitrogen and oxygen atoms in total. The van der Waals surface area contributed by atoms with E-state index in [1.807, 2.05) is 66.7 Å². The monoisotopic (exact) mass is 728 g/mol. The summed E-state index contributed by atoms with van der Waals surface area (Å²) in [5.41, 5.74) is 8.89. The average molecular weight is 729 g/mol. The maximum absolute atomic E-state index is 14.4. The zero-order chi connectivity index (χ0) is 36.2. The van der Waals surface area contributed by atoms with Gasteiger partial charge in [-0.3, -0.25) is 14.2 Å². The Bertz CT molecular complexity index is 1980. The molecule has 0 aliphatic carbocycles. The average Bonchev–Trinajstić information content (AvgIpc) is 3.55. The summed E-state index contributed by atoms with van der Waals surface area (Å²) in [6.45, 7) is -0.0357. The van der Waals surface area contributed by atoms with E-state index in [0.29, 0.717) is 11.3 Å². The van der Waals surface area contributed by atoms with Gasteiger partial charge in [0.15, 0.2) is 0 Å². The Morgan fingerprint density at radius 2 is 1.51 bits per heavy atom. The molecule has 1 aromatic heterocycles. The number of aromatic nitrogens is 1. The molecule has 0 spiro atoms. The second kappa shape index (κ2) is 17.8. The summed E-state index contributed by atoms with van der Waals surface area (Å²) in [6.07, 6.45) is 0.509. The highest BCUT2D eigenvalue weighted by atomic mass is 32.2. The molecular formula is C38H41N4O7PS. The molecule has 6 N–H and O–H groups in total. The van der Waals surface area contributed by atoms with Crippen LogP contribution < -0.4 is 21.1 Å². The summed E-state index contributed by atoms with van der Waals surface area (Å²) in [5.74, 6) is -3.10. The first-order valence-electron chi connectivity index (χ1n) is 16.4. The number of benzene rings is 4. The number of primary amides is 1. The van der Waals surface area contributed by atoms with E-state index in [0.717, 1.165) is 26.9 Å². The molecule has 4 atom stereocenters. The van der Waals surface area contributed by atoms with Crippen LogP contribution in [0, 0.1) is 5.92 Å². The van der Waals surface area contributed by atoms with Gasteiger partial charge in [-0.1, -0.05) is 91.0 Å². The number of methoxy groups -OCH3 is 1. The maximum Gasteiger partial charge on any atom is 0.408 e. The SMILES string of the molecule is COc1ccccc1SC[C@H](CP(=O)(O)[C@H](Cc1ccccc1)NC(=O)OCc1ccccc1)C(=O)N[C@@H](Cc1c[nH]c2ccccc12)C(N)=O. The number of H-pyrrole nitrogens is 1. The number of alkyl carbamates (subject to hydrolysis) is 1. The lowest BCUT2D eigenvalue weighted by Crippen LogP contribution is -2.49. The number of aromatic amines is 1. The van der Waals surface area contributed by atoms with Crippen LogP contribution in [0.4, 0.5) is 4.79 Å². The van der Waals surface area contributed by atoms with Gasteiger partial charge in [0.2, 0.25) is 19.2 Å². The number of thioether (sulfide) groups is 1. The Morgan fingerprint density at radius 1 is 0.863 bits per heavy atom. The second-order valence-electron chi connectivity index (χ2n) is 12.0. The molecule has 0 aliphatic heterocycles. The summed E-state index contributed by atoms with van der Waals surface area (Å²) in [4.78, 5) is 55.4. The minimum atomic E-state index is -4.36. The zero-order valence-corrected chi connectivity index (χ0v) is 29.8. The molecule has 0 aliphatic rings. The van der Waals surface area contributed by atoms with Crippen LogP contribution in [-0.2, 0) is 38.3 Å². The van der Waals surface area contributed by atoms with Crippen molar-refractivity contribution in [3.63, 3.8) is 0 Å². The summed E-state index contributed by atoms with van der Waals surface area (Å²) >= 11 is 1.28. The van der Waals surface area contributed by atoms with Crippen LogP contribution in [0.25, 0.3) is 10.9 Å². The van der Waals surface area contributed by atoms with E-state index in [-0.39, 0.29) is 25.2 Å². The van der Waals surface area contributed by atoms with E-state index >= 15 is 0 Å². The van der Waals surface area contributed by atoms with Crippen LogP contribution in [0.2, 0.25) is 0 Å². The number of amides is 3. The fourth-order valence-corrected chi connectivity index (χ4v) is 8.93.